The van der Waals surface area contributed by atoms with Crippen LogP contribution in [0.5, 0.6) is 0 Å². The summed E-state index contributed by atoms with van der Waals surface area (Å²) in [4.78, 5) is 15.8. The Bertz CT molecular complexity index is 579. The number of hydrogen-bond donors (Lipinski definition) is 4. The molecule has 0 saturated carbocycles. The molecule has 0 aliphatic rings. The van der Waals surface area contributed by atoms with Gasteiger partial charge in [-0.15, -0.1) is 0 Å². The van der Waals surface area contributed by atoms with Crippen molar-refractivity contribution in [2.45, 2.75) is 0 Å². The van der Waals surface area contributed by atoms with Crippen molar-refractivity contribution < 1.29 is 11.9 Å². The van der Waals surface area contributed by atoms with Crippen molar-refractivity contribution >= 4 is 29.6 Å². The summed E-state index contributed by atoms with van der Waals surface area (Å²) >= 11 is -4.86. The van der Waals surface area contributed by atoms with Gasteiger partial charge in [-0.3, -0.25) is 0 Å². The van der Waals surface area contributed by atoms with E-state index in [-0.39, 0.29) is 4.35 Å². The third-order valence-electron chi connectivity index (χ3n) is 1.84. The van der Waals surface area contributed by atoms with Crippen molar-refractivity contribution in [1.82, 2.24) is 9.97 Å². The van der Waals surface area contributed by atoms with E-state index in [2.05, 4.69) is 9.97 Å². The summed E-state index contributed by atoms with van der Waals surface area (Å²) in [6.45, 7) is 0. The first-order valence-corrected chi connectivity index (χ1v) is 7.13. The molecule has 0 atom stereocenters. The first kappa shape index (κ1) is 9.33. The van der Waals surface area contributed by atoms with Crippen molar-refractivity contribution in [3.8, 4) is 0 Å². The number of aromatic nitrogens is 2. The number of aromatic amines is 2. The maximum atomic E-state index is 10.9. The predicted octanol–water partition coefficient (Wildman–Crippen LogP) is -1.58. The molecule has 2 aromatic rings. The Morgan fingerprint density at radius 3 is 2.43 bits per heavy atom. The summed E-state index contributed by atoms with van der Waals surface area (Å²) in [5.41, 5.74) is 0.537. The van der Waals surface area contributed by atoms with Crippen LogP contribution in [0.3, 0.4) is 0 Å². The summed E-state index contributed by atoms with van der Waals surface area (Å²) in [6.07, 6.45) is 0. The van der Waals surface area contributed by atoms with Gasteiger partial charge in [0, 0.05) is 0 Å². The van der Waals surface area contributed by atoms with Gasteiger partial charge in [-0.2, -0.15) is 0 Å². The van der Waals surface area contributed by atoms with E-state index in [9.17, 15) is 8.53 Å². The van der Waals surface area contributed by atoms with E-state index < -0.39 is 19.9 Å². The zero-order chi connectivity index (χ0) is 10.3. The first-order chi connectivity index (χ1) is 6.47. The molecule has 14 heavy (non-hydrogen) atoms. The van der Waals surface area contributed by atoms with Crippen LogP contribution in [0.1, 0.15) is 0 Å². The van der Waals surface area contributed by atoms with E-state index in [0.717, 1.165) is 0 Å². The normalized spacial score (nSPS) is 12.1. The summed E-state index contributed by atoms with van der Waals surface area (Å²) in [5, 5.41) is 0. The van der Waals surface area contributed by atoms with Crippen LogP contribution in [0.25, 0.3) is 11.0 Å². The van der Waals surface area contributed by atoms with E-state index in [1.54, 1.807) is 0 Å². The van der Waals surface area contributed by atoms with Gasteiger partial charge in [0.1, 0.15) is 0 Å². The quantitative estimate of drug-likeness (QED) is 0.463. The molecule has 1 aromatic carbocycles. The van der Waals surface area contributed by atoms with Crippen molar-refractivity contribution in [1.29, 1.82) is 0 Å². The predicted molar refractivity (Wildman–Crippen MR) is 49.4 cm³/mol. The van der Waals surface area contributed by atoms with Crippen LogP contribution < -0.4 is 10.0 Å². The van der Waals surface area contributed by atoms with Gasteiger partial charge in [0.05, 0.1) is 0 Å². The van der Waals surface area contributed by atoms with E-state index in [1.807, 2.05) is 0 Å². The van der Waals surface area contributed by atoms with Crippen LogP contribution >= 0.6 is 0 Å². The fourth-order valence-electron chi connectivity index (χ4n) is 1.20. The SMILES string of the molecule is O=c1[nH]c2ccc([As](=O)(O)O)cc2[nH]1. The number of rotatable bonds is 1. The van der Waals surface area contributed by atoms with Gasteiger partial charge in [-0.25, -0.2) is 0 Å². The van der Waals surface area contributed by atoms with Crippen LogP contribution in [-0.4, -0.2) is 32.3 Å². The molecule has 4 N–H and O–H groups in total. The molecule has 0 fully saturated rings. The zero-order valence-corrected chi connectivity index (χ0v) is 8.77. The van der Waals surface area contributed by atoms with E-state index >= 15 is 0 Å². The minimum atomic E-state index is -4.86. The maximum absolute atomic E-state index is 10.9. The minimum absolute atomic E-state index is 0.0501. The number of hydrogen-bond acceptors (Lipinski definition) is 2. The van der Waals surface area contributed by atoms with E-state index in [1.165, 1.54) is 18.2 Å². The average Bonchev–Trinajstić information content (AvgIpc) is 2.41. The Balaban J connectivity index is 2.74. The number of nitrogens with one attached hydrogen (secondary N) is 2. The van der Waals surface area contributed by atoms with E-state index in [4.69, 9.17) is 8.19 Å². The van der Waals surface area contributed by atoms with Crippen molar-refractivity contribution in [3.63, 3.8) is 0 Å². The number of H-pyrrole nitrogens is 2. The standard InChI is InChI=1S/C7H7AsN2O4/c11-7-9-5-2-1-4(8(12,13)14)3-6(5)10-7/h1-3H,(H2,9,10,11)(H2,12,13,14). The van der Waals surface area contributed by atoms with Gasteiger partial charge < -0.3 is 0 Å². The second-order valence-corrected chi connectivity index (χ2v) is 6.22. The van der Waals surface area contributed by atoms with Crippen LogP contribution in [0.2, 0.25) is 0 Å². The number of imidazole rings is 1. The third-order valence-corrected chi connectivity index (χ3v) is 3.83. The molecule has 0 saturated heterocycles. The molecule has 74 valence electrons. The van der Waals surface area contributed by atoms with Crippen molar-refractivity contribution in [2.75, 3.05) is 0 Å². The van der Waals surface area contributed by atoms with Crippen LogP contribution in [0.15, 0.2) is 23.0 Å². The average molecular weight is 258 g/mol. The third kappa shape index (κ3) is 1.55. The summed E-state index contributed by atoms with van der Waals surface area (Å²) in [5.74, 6) is 0. The molecule has 0 spiro atoms. The molecule has 0 aliphatic heterocycles. The first-order valence-electron chi connectivity index (χ1n) is 3.75. The van der Waals surface area contributed by atoms with Crippen LogP contribution in [-0.2, 0) is 3.74 Å². The van der Waals surface area contributed by atoms with Crippen molar-refractivity contribution in [2.24, 2.45) is 0 Å². The fourth-order valence-corrected chi connectivity index (χ4v) is 2.39. The molecule has 6 nitrogen and oxygen atoms in total. The van der Waals surface area contributed by atoms with Gasteiger partial charge in [-0.1, -0.05) is 0 Å². The Hall–Kier alpha value is -1.23. The zero-order valence-electron chi connectivity index (χ0n) is 6.89. The fraction of sp³-hybridized carbons (Fsp3) is 0. The molecule has 0 amide bonds. The Morgan fingerprint density at radius 1 is 1.14 bits per heavy atom. The second-order valence-electron chi connectivity index (χ2n) is 2.85. The number of benzene rings is 1. The second kappa shape index (κ2) is 2.88. The number of fused-ring (bicyclic) bond motifs is 1. The topological polar surface area (TPSA) is 106 Å². The molecular formula is C7H7AsN2O4. The molecule has 0 radical (unpaired) electrons. The summed E-state index contributed by atoms with van der Waals surface area (Å²) < 4.78 is 28.7. The van der Waals surface area contributed by atoms with Crippen molar-refractivity contribution in [3.05, 3.63) is 28.7 Å². The summed E-state index contributed by atoms with van der Waals surface area (Å²) in [6, 6.07) is 4.06. The van der Waals surface area contributed by atoms with Crippen LogP contribution in [0, 0.1) is 0 Å². The van der Waals surface area contributed by atoms with Gasteiger partial charge >= 0.3 is 80.1 Å². The molecule has 1 aromatic heterocycles. The Kier molecular flexibility index (Phi) is 1.92. The van der Waals surface area contributed by atoms with Gasteiger partial charge in [0.2, 0.25) is 0 Å². The molecule has 7 heteroatoms. The Labute approximate surface area is 80.6 Å². The monoisotopic (exact) mass is 258 g/mol. The van der Waals surface area contributed by atoms with Gasteiger partial charge in [-0.05, 0) is 0 Å². The molecule has 1 heterocycles. The van der Waals surface area contributed by atoms with Gasteiger partial charge in [0.25, 0.3) is 0 Å². The van der Waals surface area contributed by atoms with Gasteiger partial charge in [0.15, 0.2) is 0 Å². The molecule has 0 unspecified atom stereocenters. The van der Waals surface area contributed by atoms with Crippen LogP contribution in [0.4, 0.5) is 0 Å². The Morgan fingerprint density at radius 2 is 1.79 bits per heavy atom. The molecular weight excluding hydrogens is 251 g/mol. The van der Waals surface area contributed by atoms with E-state index in [0.29, 0.717) is 11.0 Å². The molecule has 0 bridgehead atoms. The molecule has 2 rings (SSSR count). The molecule has 0 aliphatic carbocycles. The summed E-state index contributed by atoms with van der Waals surface area (Å²) in [7, 11) is 0.